The molecule has 0 amide bonds. The average Bonchev–Trinajstić information content (AvgIpc) is 3.19. The summed E-state index contributed by atoms with van der Waals surface area (Å²) in [6.45, 7) is 0. The Bertz CT molecular complexity index is 2630. The molecule has 4 nitrogen and oxygen atoms in total. The molecule has 0 saturated heterocycles. The van der Waals surface area contributed by atoms with Crippen molar-refractivity contribution in [3.63, 3.8) is 0 Å². The molecule has 0 aliphatic carbocycles. The summed E-state index contributed by atoms with van der Waals surface area (Å²) in [5, 5.41) is 25.2. The molecule has 0 spiro atoms. The Labute approximate surface area is 290 Å². The molecular weight excluding hydrogens is 609 g/mol. The highest BCUT2D eigenvalue weighted by Crippen LogP contribution is 2.33. The van der Waals surface area contributed by atoms with Crippen molar-refractivity contribution in [1.82, 2.24) is 0 Å². The van der Waals surface area contributed by atoms with Crippen molar-refractivity contribution in [1.29, 1.82) is 10.7 Å². The second-order valence-corrected chi connectivity index (χ2v) is 12.1. The van der Waals surface area contributed by atoms with Crippen LogP contribution in [-0.2, 0) is 0 Å². The number of nitriles is 1. The Hall–Kier alpha value is -6.96. The first-order valence-corrected chi connectivity index (χ1v) is 16.5. The van der Waals surface area contributed by atoms with E-state index in [1.165, 1.54) is 16.2 Å². The smallest absolute Gasteiger partial charge is 0.161 e. The molecule has 234 valence electrons. The molecule has 0 unspecified atom stereocenters. The summed E-state index contributed by atoms with van der Waals surface area (Å²) in [7, 11) is 0. The summed E-state index contributed by atoms with van der Waals surface area (Å²) in [5.41, 5.74) is 7.35. The Morgan fingerprint density at radius 2 is 1.06 bits per heavy atom. The first-order valence-electron chi connectivity index (χ1n) is 16.5. The molecule has 0 radical (unpaired) electrons. The van der Waals surface area contributed by atoms with Gasteiger partial charge in [0, 0.05) is 22.9 Å². The van der Waals surface area contributed by atoms with Gasteiger partial charge in [0.2, 0.25) is 0 Å². The van der Waals surface area contributed by atoms with E-state index in [1.807, 2.05) is 97.2 Å². The van der Waals surface area contributed by atoms with E-state index in [-0.39, 0.29) is 5.84 Å². The van der Waals surface area contributed by atoms with Crippen LogP contribution in [0, 0.1) is 16.7 Å². The maximum Gasteiger partial charge on any atom is 0.161 e. The molecule has 8 aromatic carbocycles. The van der Waals surface area contributed by atoms with E-state index in [2.05, 4.69) is 84.9 Å². The van der Waals surface area contributed by atoms with Crippen LogP contribution in [0.25, 0.3) is 54.6 Å². The number of nitrogens with zero attached hydrogens (tertiary/aromatic N) is 3. The fraction of sp³-hybridized carbons (Fsp3) is 0. The zero-order valence-corrected chi connectivity index (χ0v) is 27.1. The topological polar surface area (TPSA) is 72.4 Å². The molecule has 0 fully saturated rings. The van der Waals surface area contributed by atoms with Gasteiger partial charge < -0.3 is 0 Å². The van der Waals surface area contributed by atoms with Crippen LogP contribution in [0.15, 0.2) is 180 Å². The predicted molar refractivity (Wildman–Crippen MR) is 208 cm³/mol. The molecule has 0 atom stereocenters. The van der Waals surface area contributed by atoms with Crippen molar-refractivity contribution in [2.75, 3.05) is 0 Å². The summed E-state index contributed by atoms with van der Waals surface area (Å²) >= 11 is 0. The van der Waals surface area contributed by atoms with E-state index in [9.17, 15) is 5.26 Å². The zero-order valence-electron chi connectivity index (χ0n) is 27.1. The van der Waals surface area contributed by atoms with E-state index in [1.54, 1.807) is 0 Å². The zero-order chi connectivity index (χ0) is 33.9. The van der Waals surface area contributed by atoms with E-state index in [0.29, 0.717) is 17.0 Å². The number of amidine groups is 2. The van der Waals surface area contributed by atoms with Crippen molar-refractivity contribution in [2.45, 2.75) is 0 Å². The third kappa shape index (κ3) is 5.96. The predicted octanol–water partition coefficient (Wildman–Crippen LogP) is 11.2. The van der Waals surface area contributed by atoms with E-state index in [0.717, 1.165) is 49.5 Å². The van der Waals surface area contributed by atoms with Crippen molar-refractivity contribution < 1.29 is 0 Å². The SMILES string of the molecule is N#Cc1ccc(-c2ccc(C(N=Cc3c4ccccc4cc4c3ccc3ccccc34)=NC(=N)c3ccc(-c4ccccc4)cc3)cc2)cc1. The van der Waals surface area contributed by atoms with Gasteiger partial charge in [-0.1, -0.05) is 152 Å². The van der Waals surface area contributed by atoms with Gasteiger partial charge in [0.05, 0.1) is 11.6 Å². The van der Waals surface area contributed by atoms with Crippen LogP contribution < -0.4 is 0 Å². The van der Waals surface area contributed by atoms with Crippen LogP contribution in [0.2, 0.25) is 0 Å². The van der Waals surface area contributed by atoms with Gasteiger partial charge in [-0.15, -0.1) is 0 Å². The van der Waals surface area contributed by atoms with Crippen molar-refractivity contribution in [2.24, 2.45) is 9.98 Å². The van der Waals surface area contributed by atoms with Crippen LogP contribution in [0.1, 0.15) is 22.3 Å². The monoisotopic (exact) mass is 638 g/mol. The Morgan fingerprint density at radius 1 is 0.500 bits per heavy atom. The number of hydrogen-bond donors (Lipinski definition) is 1. The molecule has 8 rings (SSSR count). The lowest BCUT2D eigenvalue weighted by Crippen LogP contribution is -2.05. The highest BCUT2D eigenvalue weighted by Gasteiger charge is 2.12. The molecule has 0 aromatic heterocycles. The highest BCUT2D eigenvalue weighted by atomic mass is 14.9. The number of nitrogens with one attached hydrogen (secondary N) is 1. The molecule has 8 aromatic rings. The third-order valence-electron chi connectivity index (χ3n) is 9.10. The fourth-order valence-corrected chi connectivity index (χ4v) is 6.46. The summed E-state index contributed by atoms with van der Waals surface area (Å²) < 4.78 is 0. The second-order valence-electron chi connectivity index (χ2n) is 12.1. The highest BCUT2D eigenvalue weighted by molar-refractivity contribution is 6.22. The first kappa shape index (κ1) is 30.4. The van der Waals surface area contributed by atoms with Crippen LogP contribution in [0.3, 0.4) is 0 Å². The van der Waals surface area contributed by atoms with Crippen LogP contribution >= 0.6 is 0 Å². The van der Waals surface area contributed by atoms with Gasteiger partial charge in [-0.3, -0.25) is 5.41 Å². The summed E-state index contributed by atoms with van der Waals surface area (Å²) in [5.74, 6) is 0.567. The van der Waals surface area contributed by atoms with Gasteiger partial charge in [-0.25, -0.2) is 9.98 Å². The van der Waals surface area contributed by atoms with Crippen molar-refractivity contribution >= 4 is 50.2 Å². The van der Waals surface area contributed by atoms with Crippen molar-refractivity contribution in [3.8, 4) is 28.3 Å². The number of benzene rings is 8. The summed E-state index contributed by atoms with van der Waals surface area (Å²) in [4.78, 5) is 9.88. The Balaban J connectivity index is 1.23. The first-order chi connectivity index (χ1) is 24.6. The molecular formula is C46H30N4. The van der Waals surface area contributed by atoms with Gasteiger partial charge in [0.15, 0.2) is 11.7 Å². The maximum absolute atomic E-state index is 9.22. The molecule has 0 bridgehead atoms. The summed E-state index contributed by atoms with van der Waals surface area (Å²) in [6, 6.07) is 59.3. The van der Waals surface area contributed by atoms with Gasteiger partial charge >= 0.3 is 0 Å². The van der Waals surface area contributed by atoms with Crippen molar-refractivity contribution in [3.05, 3.63) is 192 Å². The number of rotatable bonds is 5. The lowest BCUT2D eigenvalue weighted by molar-refractivity contribution is 1.40. The number of hydrogen-bond acceptors (Lipinski definition) is 2. The van der Waals surface area contributed by atoms with Gasteiger partial charge in [0.1, 0.15) is 0 Å². The van der Waals surface area contributed by atoms with Gasteiger partial charge in [-0.05, 0) is 72.8 Å². The lowest BCUT2D eigenvalue weighted by Gasteiger charge is -2.11. The minimum atomic E-state index is 0.127. The van der Waals surface area contributed by atoms with E-state index < -0.39 is 0 Å². The van der Waals surface area contributed by atoms with Gasteiger partial charge in [0.25, 0.3) is 0 Å². The average molecular weight is 639 g/mol. The molecule has 0 heterocycles. The molecule has 1 N–H and O–H groups in total. The van der Waals surface area contributed by atoms with Crippen LogP contribution in [0.4, 0.5) is 0 Å². The lowest BCUT2D eigenvalue weighted by atomic mass is 9.94. The second kappa shape index (κ2) is 13.3. The van der Waals surface area contributed by atoms with E-state index >= 15 is 0 Å². The standard InChI is InChI=1S/C46H30N4/c47-29-31-14-16-33(17-15-31)35-20-24-38(25-21-35)46(50-45(48)37-22-18-34(19-23-37)32-8-2-1-3-9-32)49-30-44-41-13-7-5-11-39(41)28-43-40-12-6-4-10-36(40)26-27-42(43)44/h1-28,30,48H. The van der Waals surface area contributed by atoms with Gasteiger partial charge in [-0.2, -0.15) is 5.26 Å². The Kier molecular flexibility index (Phi) is 8.06. The minimum absolute atomic E-state index is 0.127. The Morgan fingerprint density at radius 3 is 1.74 bits per heavy atom. The molecule has 0 aliphatic heterocycles. The number of aliphatic imine (C=N–C) groups is 2. The molecule has 0 aliphatic rings. The quantitative estimate of drug-likeness (QED) is 0.0866. The minimum Gasteiger partial charge on any atom is -0.282 e. The molecule has 50 heavy (non-hydrogen) atoms. The fourth-order valence-electron chi connectivity index (χ4n) is 6.46. The third-order valence-corrected chi connectivity index (χ3v) is 9.10. The largest absolute Gasteiger partial charge is 0.282 e. The normalized spacial score (nSPS) is 11.7. The molecule has 4 heteroatoms. The van der Waals surface area contributed by atoms with Crippen LogP contribution in [0.5, 0.6) is 0 Å². The van der Waals surface area contributed by atoms with E-state index in [4.69, 9.17) is 15.4 Å². The molecule has 0 saturated carbocycles. The summed E-state index contributed by atoms with van der Waals surface area (Å²) in [6.07, 6.45) is 1.90. The number of fused-ring (bicyclic) bond motifs is 4. The maximum atomic E-state index is 9.22. The van der Waals surface area contributed by atoms with Crippen LogP contribution in [-0.4, -0.2) is 17.9 Å².